The summed E-state index contributed by atoms with van der Waals surface area (Å²) in [5.74, 6) is 0. The van der Waals surface area contributed by atoms with E-state index < -0.39 is 0 Å². The number of hydrogen-bond donors (Lipinski definition) is 0. The van der Waals surface area contributed by atoms with Gasteiger partial charge in [-0.15, -0.1) is 11.3 Å². The number of carbonyl (C=O) groups excluding carboxylic acids is 1. The van der Waals surface area contributed by atoms with Crippen LogP contribution < -0.4 is 0 Å². The van der Waals surface area contributed by atoms with E-state index in [9.17, 15) is 4.79 Å². The maximum absolute atomic E-state index is 10.3. The number of aldehydes is 1. The van der Waals surface area contributed by atoms with Crippen LogP contribution >= 0.6 is 23.1 Å². The second-order valence-corrected chi connectivity index (χ2v) is 4.16. The fourth-order valence-corrected chi connectivity index (χ4v) is 1.92. The third kappa shape index (κ3) is 2.46. The van der Waals surface area contributed by atoms with Gasteiger partial charge < -0.3 is 0 Å². The van der Waals surface area contributed by atoms with Gasteiger partial charge in [-0.3, -0.25) is 4.79 Å². The van der Waals surface area contributed by atoms with Crippen LogP contribution in [0.25, 0.3) is 6.08 Å². The molecule has 64 valence electrons. The first kappa shape index (κ1) is 9.48. The zero-order valence-electron chi connectivity index (χ0n) is 6.90. The summed E-state index contributed by atoms with van der Waals surface area (Å²) in [6, 6.07) is 0. The highest BCUT2D eigenvalue weighted by atomic mass is 32.2. The van der Waals surface area contributed by atoms with Gasteiger partial charge in [-0.1, -0.05) is 11.8 Å². The number of rotatable bonds is 3. The predicted octanol–water partition coefficient (Wildman–Crippen LogP) is 2.47. The van der Waals surface area contributed by atoms with Crippen LogP contribution in [0.3, 0.4) is 0 Å². The van der Waals surface area contributed by atoms with Crippen LogP contribution in [-0.4, -0.2) is 17.5 Å². The average molecular weight is 199 g/mol. The van der Waals surface area contributed by atoms with Gasteiger partial charge in [0.05, 0.1) is 5.69 Å². The summed E-state index contributed by atoms with van der Waals surface area (Å²) in [5.41, 5.74) is 1.57. The van der Waals surface area contributed by atoms with Crippen LogP contribution in [0.4, 0.5) is 0 Å². The Bertz CT molecular complexity index is 304. The van der Waals surface area contributed by atoms with Gasteiger partial charge in [0.2, 0.25) is 0 Å². The van der Waals surface area contributed by atoms with E-state index in [1.807, 2.05) is 11.6 Å². The van der Waals surface area contributed by atoms with Crippen molar-refractivity contribution in [3.05, 3.63) is 16.6 Å². The second kappa shape index (κ2) is 4.42. The molecular formula is C8H9NOS2. The van der Waals surface area contributed by atoms with Crippen molar-refractivity contribution in [1.29, 1.82) is 0 Å². The molecule has 0 aliphatic rings. The van der Waals surface area contributed by atoms with Gasteiger partial charge in [-0.25, -0.2) is 4.98 Å². The molecule has 0 aromatic carbocycles. The summed E-state index contributed by atoms with van der Waals surface area (Å²) in [6.45, 7) is 1.77. The molecular weight excluding hydrogens is 190 g/mol. The largest absolute Gasteiger partial charge is 0.298 e. The second-order valence-electron chi connectivity index (χ2n) is 2.25. The first-order chi connectivity index (χ1) is 5.76. The Morgan fingerprint density at radius 3 is 3.00 bits per heavy atom. The monoisotopic (exact) mass is 199 g/mol. The number of hydrogen-bond acceptors (Lipinski definition) is 4. The molecule has 1 rings (SSSR count). The molecule has 0 spiro atoms. The van der Waals surface area contributed by atoms with Gasteiger partial charge in [0.25, 0.3) is 0 Å². The van der Waals surface area contributed by atoms with E-state index in [1.165, 1.54) is 0 Å². The minimum absolute atomic E-state index is 0.702. The van der Waals surface area contributed by atoms with E-state index >= 15 is 0 Å². The van der Waals surface area contributed by atoms with Crippen LogP contribution in [-0.2, 0) is 4.79 Å². The number of allylic oxidation sites excluding steroid dienone is 1. The van der Waals surface area contributed by atoms with Crippen LogP contribution in [0.15, 0.2) is 15.3 Å². The lowest BCUT2D eigenvalue weighted by atomic mass is 10.3. The summed E-state index contributed by atoms with van der Waals surface area (Å²) in [4.78, 5) is 14.6. The lowest BCUT2D eigenvalue weighted by molar-refractivity contribution is -0.104. The fraction of sp³-hybridized carbons (Fsp3) is 0.250. The first-order valence-corrected chi connectivity index (χ1v) is 5.49. The SMILES string of the molecule is CSc1nc(/C=C(\C)C=O)cs1. The molecule has 0 saturated heterocycles. The molecule has 0 saturated carbocycles. The Hall–Kier alpha value is -0.610. The topological polar surface area (TPSA) is 30.0 Å². The van der Waals surface area contributed by atoms with Crippen molar-refractivity contribution in [2.45, 2.75) is 11.3 Å². The summed E-state index contributed by atoms with van der Waals surface area (Å²) >= 11 is 3.21. The summed E-state index contributed by atoms with van der Waals surface area (Å²) in [6.07, 6.45) is 4.60. The third-order valence-corrected chi connectivity index (χ3v) is 3.12. The molecule has 4 heteroatoms. The number of aromatic nitrogens is 1. The van der Waals surface area contributed by atoms with Crippen molar-refractivity contribution in [3.8, 4) is 0 Å². The van der Waals surface area contributed by atoms with Crippen LogP contribution in [0.5, 0.6) is 0 Å². The minimum Gasteiger partial charge on any atom is -0.298 e. The lowest BCUT2D eigenvalue weighted by Gasteiger charge is -1.85. The van der Waals surface area contributed by atoms with Gasteiger partial charge in [0.1, 0.15) is 10.6 Å². The van der Waals surface area contributed by atoms with Crippen molar-refractivity contribution in [2.75, 3.05) is 6.26 Å². The molecule has 0 aliphatic carbocycles. The number of thioether (sulfide) groups is 1. The molecule has 0 fully saturated rings. The van der Waals surface area contributed by atoms with Crippen molar-refractivity contribution < 1.29 is 4.79 Å². The zero-order valence-corrected chi connectivity index (χ0v) is 8.54. The molecule has 0 N–H and O–H groups in total. The Labute approximate surface area is 79.7 Å². The number of carbonyl (C=O) groups is 1. The van der Waals surface area contributed by atoms with Crippen LogP contribution in [0.2, 0.25) is 0 Å². The third-order valence-electron chi connectivity index (χ3n) is 1.24. The summed E-state index contributed by atoms with van der Waals surface area (Å²) in [7, 11) is 0. The Balaban J connectivity index is 2.82. The smallest absolute Gasteiger partial charge is 0.150 e. The highest BCUT2D eigenvalue weighted by molar-refractivity contribution is 8.00. The molecule has 1 aromatic rings. The normalized spacial score (nSPS) is 11.7. The lowest BCUT2D eigenvalue weighted by Crippen LogP contribution is -1.77. The Morgan fingerprint density at radius 2 is 2.50 bits per heavy atom. The molecule has 0 amide bonds. The number of nitrogens with zero attached hydrogens (tertiary/aromatic N) is 1. The average Bonchev–Trinajstić information content (AvgIpc) is 2.52. The predicted molar refractivity (Wildman–Crippen MR) is 53.6 cm³/mol. The molecule has 0 unspecified atom stereocenters. The maximum atomic E-state index is 10.3. The van der Waals surface area contributed by atoms with Crippen molar-refractivity contribution in [3.63, 3.8) is 0 Å². The highest BCUT2D eigenvalue weighted by Gasteiger charge is 1.97. The summed E-state index contributed by atoms with van der Waals surface area (Å²) in [5, 5.41) is 1.94. The van der Waals surface area contributed by atoms with E-state index in [4.69, 9.17) is 0 Å². The van der Waals surface area contributed by atoms with E-state index in [2.05, 4.69) is 4.98 Å². The van der Waals surface area contributed by atoms with E-state index in [0.29, 0.717) is 5.57 Å². The fourth-order valence-electron chi connectivity index (χ4n) is 0.696. The summed E-state index contributed by atoms with van der Waals surface area (Å²) < 4.78 is 1.03. The molecule has 0 aliphatic heterocycles. The van der Waals surface area contributed by atoms with E-state index in [1.54, 1.807) is 36.1 Å². The Morgan fingerprint density at radius 1 is 1.75 bits per heavy atom. The van der Waals surface area contributed by atoms with Crippen LogP contribution in [0.1, 0.15) is 12.6 Å². The molecule has 1 aromatic heterocycles. The Kier molecular flexibility index (Phi) is 3.49. The van der Waals surface area contributed by atoms with Crippen molar-refractivity contribution >= 4 is 35.5 Å². The molecule has 12 heavy (non-hydrogen) atoms. The zero-order chi connectivity index (χ0) is 8.97. The van der Waals surface area contributed by atoms with Crippen molar-refractivity contribution in [2.24, 2.45) is 0 Å². The van der Waals surface area contributed by atoms with Gasteiger partial charge in [-0.05, 0) is 24.8 Å². The van der Waals surface area contributed by atoms with Crippen LogP contribution in [0, 0.1) is 0 Å². The van der Waals surface area contributed by atoms with Gasteiger partial charge in [-0.2, -0.15) is 0 Å². The van der Waals surface area contributed by atoms with Gasteiger partial charge in [0.15, 0.2) is 0 Å². The maximum Gasteiger partial charge on any atom is 0.150 e. The first-order valence-electron chi connectivity index (χ1n) is 3.39. The van der Waals surface area contributed by atoms with Gasteiger partial charge >= 0.3 is 0 Å². The highest BCUT2D eigenvalue weighted by Crippen LogP contribution is 2.20. The van der Waals surface area contributed by atoms with Gasteiger partial charge in [0, 0.05) is 5.38 Å². The van der Waals surface area contributed by atoms with Crippen molar-refractivity contribution in [1.82, 2.24) is 4.98 Å². The molecule has 2 nitrogen and oxygen atoms in total. The van der Waals surface area contributed by atoms with E-state index in [0.717, 1.165) is 16.3 Å². The molecule has 0 radical (unpaired) electrons. The minimum atomic E-state index is 0.702. The van der Waals surface area contributed by atoms with E-state index in [-0.39, 0.29) is 0 Å². The number of thiazole rings is 1. The molecule has 1 heterocycles. The molecule has 0 bridgehead atoms. The quantitative estimate of drug-likeness (QED) is 0.425. The standard InChI is InChI=1S/C8H9NOS2/c1-6(4-10)3-7-5-12-8(9-7)11-2/h3-5H,1-2H3/b6-3+. The molecule has 0 atom stereocenters.